The monoisotopic (exact) mass is 425 g/mol. The Balaban J connectivity index is 1.55. The highest BCUT2D eigenvalue weighted by Gasteiger charge is 2.56. The van der Waals surface area contributed by atoms with Gasteiger partial charge in [-0.15, -0.1) is 0 Å². The molecule has 136 valence electrons. The van der Waals surface area contributed by atoms with Crippen LogP contribution in [-0.2, 0) is 0 Å². The van der Waals surface area contributed by atoms with Crippen molar-refractivity contribution in [2.24, 2.45) is 4.99 Å². The van der Waals surface area contributed by atoms with Gasteiger partial charge in [-0.1, -0.05) is 45.8 Å². The van der Waals surface area contributed by atoms with Crippen molar-refractivity contribution in [3.8, 4) is 5.69 Å². The number of aliphatic imine (C=N–C) groups is 1. The van der Waals surface area contributed by atoms with Gasteiger partial charge in [-0.25, -0.2) is 4.79 Å². The third-order valence-corrected chi connectivity index (χ3v) is 5.77. The summed E-state index contributed by atoms with van der Waals surface area (Å²) >= 11 is 3.49. The molecule has 3 unspecified atom stereocenters. The van der Waals surface area contributed by atoms with Gasteiger partial charge in [0.25, 0.3) is 0 Å². The van der Waals surface area contributed by atoms with Crippen molar-refractivity contribution in [2.45, 2.75) is 19.0 Å². The van der Waals surface area contributed by atoms with Gasteiger partial charge < -0.3 is 0 Å². The summed E-state index contributed by atoms with van der Waals surface area (Å²) in [7, 11) is 0. The second-order valence-electron chi connectivity index (χ2n) is 6.95. The van der Waals surface area contributed by atoms with Gasteiger partial charge in [0.1, 0.15) is 5.71 Å². The van der Waals surface area contributed by atoms with Crippen LogP contribution in [0.5, 0.6) is 0 Å². The van der Waals surface area contributed by atoms with Gasteiger partial charge in [0.05, 0.1) is 18.6 Å². The third-order valence-electron chi connectivity index (χ3n) is 5.24. The van der Waals surface area contributed by atoms with E-state index in [4.69, 9.17) is 9.52 Å². The molecule has 3 heterocycles. The Morgan fingerprint density at radius 3 is 2.63 bits per heavy atom. The van der Waals surface area contributed by atoms with Crippen LogP contribution in [0, 0.1) is 6.92 Å². The van der Waals surface area contributed by atoms with E-state index in [1.807, 2.05) is 31.2 Å². The van der Waals surface area contributed by atoms with Crippen LogP contribution in [-0.4, -0.2) is 35.0 Å². The number of H-pyrrole nitrogens is 1. The zero-order valence-corrected chi connectivity index (χ0v) is 16.3. The van der Waals surface area contributed by atoms with Crippen LogP contribution in [0.1, 0.15) is 22.9 Å². The average molecular weight is 426 g/mol. The summed E-state index contributed by atoms with van der Waals surface area (Å²) in [6.07, 6.45) is 0. The molecule has 0 spiro atoms. The molecular formula is C20H18BrN4O2+. The van der Waals surface area contributed by atoms with Crippen LogP contribution >= 0.6 is 15.9 Å². The van der Waals surface area contributed by atoms with Crippen molar-refractivity contribution in [1.29, 1.82) is 0 Å². The van der Waals surface area contributed by atoms with E-state index in [0.717, 1.165) is 28.0 Å². The Morgan fingerprint density at radius 1 is 1.15 bits per heavy atom. The zero-order chi connectivity index (χ0) is 18.5. The number of aromatic amines is 1. The Bertz CT molecular complexity index is 1080. The van der Waals surface area contributed by atoms with Gasteiger partial charge in [-0.3, -0.25) is 14.4 Å². The van der Waals surface area contributed by atoms with Gasteiger partial charge in [0.15, 0.2) is 0 Å². The molecule has 1 N–H and O–H groups in total. The van der Waals surface area contributed by atoms with Crippen molar-refractivity contribution in [2.75, 3.05) is 13.1 Å². The van der Waals surface area contributed by atoms with Crippen LogP contribution in [0.3, 0.4) is 0 Å². The zero-order valence-electron chi connectivity index (χ0n) is 14.7. The minimum Gasteiger partial charge on any atom is -0.282 e. The Morgan fingerprint density at radius 2 is 1.89 bits per heavy atom. The predicted molar refractivity (Wildman–Crippen MR) is 104 cm³/mol. The quantitative estimate of drug-likeness (QED) is 0.517. The van der Waals surface area contributed by atoms with E-state index < -0.39 is 5.63 Å². The molecule has 3 aromatic rings. The maximum absolute atomic E-state index is 12.5. The van der Waals surface area contributed by atoms with E-state index in [2.05, 4.69) is 50.4 Å². The first-order chi connectivity index (χ1) is 13.1. The maximum Gasteiger partial charge on any atom is 0.437 e. The summed E-state index contributed by atoms with van der Waals surface area (Å²) in [6.45, 7) is 3.61. The molecule has 2 aliphatic heterocycles. The molecule has 5 rings (SSSR count). The van der Waals surface area contributed by atoms with Crippen molar-refractivity contribution >= 4 is 21.6 Å². The van der Waals surface area contributed by atoms with Crippen molar-refractivity contribution in [3.05, 3.63) is 80.2 Å². The molecule has 27 heavy (non-hydrogen) atoms. The maximum atomic E-state index is 12.5. The van der Waals surface area contributed by atoms with Crippen LogP contribution < -0.4 is 10.3 Å². The largest absolute Gasteiger partial charge is 0.437 e. The molecule has 0 saturated carbocycles. The van der Waals surface area contributed by atoms with Gasteiger partial charge >= 0.3 is 11.3 Å². The molecule has 2 aliphatic rings. The lowest BCUT2D eigenvalue weighted by atomic mass is 10.1. The highest BCUT2D eigenvalue weighted by Crippen LogP contribution is 2.46. The standard InChI is InChI=1S/C20H17BrN4O2/c1-12-2-8-15(9-3-12)25-19(20(26)27-23-25)16-18-17(24(18)11-10-22-16)13-4-6-14(21)7-5-13/h2-9,17-18H,10-11H2,1H3/p+1. The van der Waals surface area contributed by atoms with E-state index in [9.17, 15) is 4.79 Å². The summed E-state index contributed by atoms with van der Waals surface area (Å²) in [4.78, 5) is 19.6. The number of nitrogens with one attached hydrogen (secondary N) is 1. The fourth-order valence-electron chi connectivity index (χ4n) is 3.86. The molecule has 0 bridgehead atoms. The Labute approximate surface area is 164 Å². The lowest BCUT2D eigenvalue weighted by molar-refractivity contribution is -0.671. The average Bonchev–Trinajstić information content (AvgIpc) is 3.29. The van der Waals surface area contributed by atoms with Crippen molar-refractivity contribution in [1.82, 2.24) is 10.2 Å². The fraction of sp³-hybridized carbons (Fsp3) is 0.250. The lowest BCUT2D eigenvalue weighted by Crippen LogP contribution is -2.44. The molecule has 3 atom stereocenters. The number of aryl methyl sites for hydroxylation is 1. The minimum absolute atomic E-state index is 0.107. The first-order valence-electron chi connectivity index (χ1n) is 8.90. The molecule has 0 radical (unpaired) electrons. The number of halogens is 1. The second-order valence-corrected chi connectivity index (χ2v) is 7.86. The molecular weight excluding hydrogens is 408 g/mol. The van der Waals surface area contributed by atoms with E-state index in [-0.39, 0.29) is 12.1 Å². The first kappa shape index (κ1) is 16.6. The van der Waals surface area contributed by atoms with E-state index in [0.29, 0.717) is 12.2 Å². The number of fused-ring (bicyclic) bond motifs is 1. The molecule has 1 saturated heterocycles. The highest BCUT2D eigenvalue weighted by atomic mass is 79.9. The first-order valence-corrected chi connectivity index (χ1v) is 9.69. The molecule has 0 aliphatic carbocycles. The second kappa shape index (κ2) is 6.28. The fourth-order valence-corrected chi connectivity index (χ4v) is 4.12. The van der Waals surface area contributed by atoms with Crippen LogP contribution in [0.4, 0.5) is 0 Å². The topological polar surface area (TPSA) is 65.2 Å². The van der Waals surface area contributed by atoms with Crippen LogP contribution in [0.2, 0.25) is 0 Å². The molecule has 0 amide bonds. The SMILES string of the molecule is Cc1ccc(-[n+]2[nH]oc(=O)c2C2=NCCN3C2C3c2ccc(Br)cc2)cc1. The molecule has 1 aromatic heterocycles. The van der Waals surface area contributed by atoms with Crippen LogP contribution in [0.15, 0.2) is 67.3 Å². The van der Waals surface area contributed by atoms with E-state index in [1.54, 1.807) is 4.68 Å². The Kier molecular flexibility index (Phi) is 3.87. The van der Waals surface area contributed by atoms with Gasteiger partial charge in [-0.2, -0.15) is 0 Å². The third kappa shape index (κ3) is 2.78. The van der Waals surface area contributed by atoms with Gasteiger partial charge in [0, 0.05) is 23.2 Å². The summed E-state index contributed by atoms with van der Waals surface area (Å²) in [5.41, 5.74) is 4.13. The highest BCUT2D eigenvalue weighted by molar-refractivity contribution is 9.10. The van der Waals surface area contributed by atoms with E-state index >= 15 is 0 Å². The van der Waals surface area contributed by atoms with Gasteiger partial charge in [0.2, 0.25) is 5.69 Å². The minimum atomic E-state index is -0.391. The summed E-state index contributed by atoms with van der Waals surface area (Å²) in [5, 5.41) is 2.73. The number of aromatic nitrogens is 2. The number of hydrogen-bond acceptors (Lipinski definition) is 4. The normalized spacial score (nSPS) is 23.6. The van der Waals surface area contributed by atoms with Crippen molar-refractivity contribution < 1.29 is 9.20 Å². The van der Waals surface area contributed by atoms with Gasteiger partial charge in [-0.05, 0) is 34.6 Å². The molecule has 1 fully saturated rings. The summed E-state index contributed by atoms with van der Waals surface area (Å²) in [5.74, 6) is 0. The number of hydrogen-bond donors (Lipinski definition) is 1. The van der Waals surface area contributed by atoms with E-state index in [1.165, 1.54) is 5.56 Å². The lowest BCUT2D eigenvalue weighted by Gasteiger charge is -2.07. The summed E-state index contributed by atoms with van der Waals surface area (Å²) in [6, 6.07) is 16.6. The van der Waals surface area contributed by atoms with Crippen LogP contribution in [0.25, 0.3) is 5.69 Å². The smallest absolute Gasteiger partial charge is 0.282 e. The number of rotatable bonds is 3. The number of benzene rings is 2. The predicted octanol–water partition coefficient (Wildman–Crippen LogP) is 2.54. The number of nitrogens with zero attached hydrogens (tertiary/aromatic N) is 3. The van der Waals surface area contributed by atoms with Crippen molar-refractivity contribution in [3.63, 3.8) is 0 Å². The Hall–Kier alpha value is -2.51. The summed E-state index contributed by atoms with van der Waals surface area (Å²) < 4.78 is 7.89. The molecule has 2 aromatic carbocycles. The molecule has 6 nitrogen and oxygen atoms in total. The molecule has 7 heteroatoms.